The molecule has 49 valence electrons. The predicted molar refractivity (Wildman–Crippen MR) is 39.0 cm³/mol. The minimum Gasteiger partial charge on any atom is -0.364 e. The molecule has 1 aromatic rings. The Bertz CT molecular complexity index is 153. The smallest absolute Gasteiger partial charge is 0.103 e. The minimum absolute atomic E-state index is 1.05. The Hall–Kier alpha value is -0.920. The van der Waals surface area contributed by atoms with Gasteiger partial charge in [-0.15, -0.1) is 0 Å². The summed E-state index contributed by atoms with van der Waals surface area (Å²) in [4.78, 5) is 3.04. The zero-order valence-electron chi connectivity index (χ0n) is 5.73. The number of hydrogen-bond acceptors (Lipinski definition) is 1. The Balaban J connectivity index is 2.48. The predicted octanol–water partition coefficient (Wildman–Crippen LogP) is 2.00. The highest BCUT2D eigenvalue weighted by atomic mass is 15.0. The molecule has 1 heterocycles. The Morgan fingerprint density at radius 3 is 2.78 bits per heavy atom. The van der Waals surface area contributed by atoms with Crippen LogP contribution in [0.2, 0.25) is 0 Å². The van der Waals surface area contributed by atoms with Crippen molar-refractivity contribution in [3.63, 3.8) is 0 Å². The van der Waals surface area contributed by atoms with Crippen molar-refractivity contribution < 1.29 is 0 Å². The van der Waals surface area contributed by atoms with Crippen LogP contribution in [0.15, 0.2) is 18.3 Å². The Morgan fingerprint density at radius 1 is 1.56 bits per heavy atom. The van der Waals surface area contributed by atoms with Crippen molar-refractivity contribution in [2.24, 2.45) is 0 Å². The van der Waals surface area contributed by atoms with Crippen LogP contribution in [0.4, 0.5) is 5.82 Å². The van der Waals surface area contributed by atoms with E-state index in [0.29, 0.717) is 0 Å². The van der Waals surface area contributed by atoms with Gasteiger partial charge >= 0.3 is 0 Å². The monoisotopic (exact) mass is 123 g/mol. The zero-order valence-corrected chi connectivity index (χ0v) is 5.73. The van der Waals surface area contributed by atoms with Gasteiger partial charge in [0.05, 0.1) is 6.04 Å². The summed E-state index contributed by atoms with van der Waals surface area (Å²) in [5, 5.41) is 3.15. The Morgan fingerprint density at radius 2 is 2.33 bits per heavy atom. The number of aromatic nitrogens is 1. The van der Waals surface area contributed by atoms with Gasteiger partial charge in [-0.3, -0.25) is 0 Å². The molecule has 0 saturated carbocycles. The molecule has 2 nitrogen and oxygen atoms in total. The molecule has 0 aliphatic heterocycles. The molecule has 1 radical (unpaired) electrons. The molecule has 0 fully saturated rings. The summed E-state index contributed by atoms with van der Waals surface area (Å²) in [6.07, 6.45) is 1.89. The van der Waals surface area contributed by atoms with Crippen LogP contribution in [0.5, 0.6) is 0 Å². The molecule has 0 spiro atoms. The lowest BCUT2D eigenvalue weighted by Crippen LogP contribution is -2.00. The van der Waals surface area contributed by atoms with Crippen molar-refractivity contribution in [3.8, 4) is 0 Å². The molecule has 0 aliphatic carbocycles. The standard InChI is InChI=1S/C7H11N2/c1-6(2)9-7-4-3-5-8-7/h3-5,8-9H,1-2H3. The first-order valence-corrected chi connectivity index (χ1v) is 2.99. The van der Waals surface area contributed by atoms with E-state index in [0.717, 1.165) is 5.82 Å². The van der Waals surface area contributed by atoms with E-state index < -0.39 is 0 Å². The number of nitrogens with one attached hydrogen (secondary N) is 2. The first-order valence-electron chi connectivity index (χ1n) is 2.99. The van der Waals surface area contributed by atoms with Gasteiger partial charge in [-0.2, -0.15) is 0 Å². The van der Waals surface area contributed by atoms with Gasteiger partial charge in [-0.1, -0.05) is 0 Å². The van der Waals surface area contributed by atoms with E-state index >= 15 is 0 Å². The van der Waals surface area contributed by atoms with Crippen LogP contribution in [-0.4, -0.2) is 4.98 Å². The lowest BCUT2D eigenvalue weighted by molar-refractivity contribution is 1.09. The molecule has 0 bridgehead atoms. The second-order valence-corrected chi connectivity index (χ2v) is 2.21. The molecule has 0 aliphatic rings. The third-order valence-corrected chi connectivity index (χ3v) is 0.983. The molecule has 0 saturated heterocycles. The molecular formula is C7H11N2. The molecule has 2 N–H and O–H groups in total. The molecule has 0 unspecified atom stereocenters. The summed E-state index contributed by atoms with van der Waals surface area (Å²) in [6.45, 7) is 4.06. The summed E-state index contributed by atoms with van der Waals surface area (Å²) in [5.74, 6) is 1.05. The number of rotatable bonds is 2. The summed E-state index contributed by atoms with van der Waals surface area (Å²) < 4.78 is 0. The number of anilines is 1. The second kappa shape index (κ2) is 2.58. The average Bonchev–Trinajstić information content (AvgIpc) is 2.15. The molecule has 0 amide bonds. The minimum atomic E-state index is 1.05. The van der Waals surface area contributed by atoms with Crippen molar-refractivity contribution in [1.29, 1.82) is 0 Å². The highest BCUT2D eigenvalue weighted by molar-refractivity contribution is 5.37. The number of aromatic amines is 1. The maximum Gasteiger partial charge on any atom is 0.103 e. The summed E-state index contributed by atoms with van der Waals surface area (Å²) in [6, 6.07) is 5.15. The Labute approximate surface area is 55.3 Å². The van der Waals surface area contributed by atoms with Crippen LogP contribution in [0.1, 0.15) is 13.8 Å². The SMILES string of the molecule is C[C](C)Nc1ccc[nH]1. The fraction of sp³-hybridized carbons (Fsp3) is 0.286. The van der Waals surface area contributed by atoms with Gasteiger partial charge < -0.3 is 10.3 Å². The molecule has 2 heteroatoms. The first kappa shape index (κ1) is 6.20. The van der Waals surface area contributed by atoms with Crippen LogP contribution in [0, 0.1) is 6.04 Å². The van der Waals surface area contributed by atoms with E-state index in [2.05, 4.69) is 10.3 Å². The van der Waals surface area contributed by atoms with Crippen LogP contribution in [0.25, 0.3) is 0 Å². The third-order valence-electron chi connectivity index (χ3n) is 0.983. The van der Waals surface area contributed by atoms with Gasteiger partial charge in [0.2, 0.25) is 0 Å². The second-order valence-electron chi connectivity index (χ2n) is 2.21. The van der Waals surface area contributed by atoms with Crippen molar-refractivity contribution >= 4 is 5.82 Å². The summed E-state index contributed by atoms with van der Waals surface area (Å²) in [7, 11) is 0. The van der Waals surface area contributed by atoms with E-state index in [1.807, 2.05) is 32.2 Å². The fourth-order valence-electron chi connectivity index (χ4n) is 0.677. The molecule has 1 rings (SSSR count). The molecule has 9 heavy (non-hydrogen) atoms. The summed E-state index contributed by atoms with van der Waals surface area (Å²) >= 11 is 0. The third kappa shape index (κ3) is 1.80. The average molecular weight is 123 g/mol. The van der Waals surface area contributed by atoms with Crippen molar-refractivity contribution in [2.45, 2.75) is 13.8 Å². The van der Waals surface area contributed by atoms with E-state index in [-0.39, 0.29) is 0 Å². The van der Waals surface area contributed by atoms with Crippen LogP contribution < -0.4 is 5.32 Å². The molecule has 0 aromatic carbocycles. The Kier molecular flexibility index (Phi) is 1.78. The van der Waals surface area contributed by atoms with Crippen molar-refractivity contribution in [2.75, 3.05) is 5.32 Å². The largest absolute Gasteiger partial charge is 0.364 e. The first-order chi connectivity index (χ1) is 4.29. The molecule has 0 atom stereocenters. The normalized spacial score (nSPS) is 10.1. The zero-order chi connectivity index (χ0) is 6.69. The lowest BCUT2D eigenvalue weighted by Gasteiger charge is -2.04. The lowest BCUT2D eigenvalue weighted by atomic mass is 10.4. The van der Waals surface area contributed by atoms with E-state index in [9.17, 15) is 0 Å². The highest BCUT2D eigenvalue weighted by Gasteiger charge is 1.92. The summed E-state index contributed by atoms with van der Waals surface area (Å²) in [5.41, 5.74) is 0. The number of hydrogen-bond donors (Lipinski definition) is 2. The van der Waals surface area contributed by atoms with E-state index in [4.69, 9.17) is 0 Å². The van der Waals surface area contributed by atoms with Crippen LogP contribution >= 0.6 is 0 Å². The van der Waals surface area contributed by atoms with Gasteiger partial charge in [0.1, 0.15) is 5.82 Å². The van der Waals surface area contributed by atoms with E-state index in [1.54, 1.807) is 0 Å². The van der Waals surface area contributed by atoms with E-state index in [1.165, 1.54) is 6.04 Å². The maximum absolute atomic E-state index is 3.15. The van der Waals surface area contributed by atoms with Gasteiger partial charge in [0.25, 0.3) is 0 Å². The fourth-order valence-corrected chi connectivity index (χ4v) is 0.677. The van der Waals surface area contributed by atoms with Gasteiger partial charge in [0.15, 0.2) is 0 Å². The van der Waals surface area contributed by atoms with Crippen LogP contribution in [0.3, 0.4) is 0 Å². The highest BCUT2D eigenvalue weighted by Crippen LogP contribution is 2.05. The molecule has 1 aromatic heterocycles. The van der Waals surface area contributed by atoms with Gasteiger partial charge in [-0.05, 0) is 26.0 Å². The van der Waals surface area contributed by atoms with Crippen molar-refractivity contribution in [3.05, 3.63) is 24.4 Å². The quantitative estimate of drug-likeness (QED) is 0.618. The van der Waals surface area contributed by atoms with Gasteiger partial charge in [0, 0.05) is 6.20 Å². The topological polar surface area (TPSA) is 27.8 Å². The number of H-pyrrole nitrogens is 1. The molecular weight excluding hydrogens is 112 g/mol. The van der Waals surface area contributed by atoms with Crippen LogP contribution in [-0.2, 0) is 0 Å². The van der Waals surface area contributed by atoms with Crippen molar-refractivity contribution in [1.82, 2.24) is 4.98 Å². The maximum atomic E-state index is 3.15. The van der Waals surface area contributed by atoms with Gasteiger partial charge in [-0.25, -0.2) is 0 Å².